The monoisotopic (exact) mass is 264 g/mol. The standard InChI is InChI=1S/C15H24N2O2/c1-11(2)13-9-12(14(16)10-18)3-4-15(13)17-5-7-19-8-6-17/h3-4,9,11,14,18H,5-8,10,16H2,1-2H3/t14-/m1/s1. The average molecular weight is 264 g/mol. The van der Waals surface area contributed by atoms with Gasteiger partial charge in [-0.15, -0.1) is 0 Å². The zero-order valence-electron chi connectivity index (χ0n) is 11.8. The number of benzene rings is 1. The Morgan fingerprint density at radius 2 is 2.00 bits per heavy atom. The van der Waals surface area contributed by atoms with E-state index in [4.69, 9.17) is 10.5 Å². The first-order valence-electron chi connectivity index (χ1n) is 6.96. The first kappa shape index (κ1) is 14.3. The van der Waals surface area contributed by atoms with Crippen LogP contribution in [0.5, 0.6) is 0 Å². The number of hydrogen-bond donors (Lipinski definition) is 2. The van der Waals surface area contributed by atoms with Gasteiger partial charge in [-0.2, -0.15) is 0 Å². The van der Waals surface area contributed by atoms with E-state index in [1.54, 1.807) is 0 Å². The molecule has 0 bridgehead atoms. The second-order valence-corrected chi connectivity index (χ2v) is 5.36. The molecule has 0 saturated carbocycles. The highest BCUT2D eigenvalue weighted by atomic mass is 16.5. The first-order valence-corrected chi connectivity index (χ1v) is 6.96. The van der Waals surface area contributed by atoms with Crippen LogP contribution in [-0.2, 0) is 4.74 Å². The number of aliphatic hydroxyl groups excluding tert-OH is 1. The van der Waals surface area contributed by atoms with Crippen LogP contribution in [-0.4, -0.2) is 38.0 Å². The summed E-state index contributed by atoms with van der Waals surface area (Å²) in [6, 6.07) is 6.00. The summed E-state index contributed by atoms with van der Waals surface area (Å²) in [6.07, 6.45) is 0. The minimum absolute atomic E-state index is 0.0194. The van der Waals surface area contributed by atoms with Gasteiger partial charge in [-0.3, -0.25) is 0 Å². The van der Waals surface area contributed by atoms with E-state index in [1.165, 1.54) is 11.3 Å². The quantitative estimate of drug-likeness (QED) is 0.868. The molecule has 0 spiro atoms. The summed E-state index contributed by atoms with van der Waals surface area (Å²) < 4.78 is 5.41. The molecular formula is C15H24N2O2. The van der Waals surface area contributed by atoms with Crippen LogP contribution < -0.4 is 10.6 Å². The molecular weight excluding hydrogens is 240 g/mol. The fourth-order valence-electron chi connectivity index (χ4n) is 2.46. The van der Waals surface area contributed by atoms with Gasteiger partial charge in [0.15, 0.2) is 0 Å². The second-order valence-electron chi connectivity index (χ2n) is 5.36. The summed E-state index contributed by atoms with van der Waals surface area (Å²) in [4.78, 5) is 2.37. The van der Waals surface area contributed by atoms with Crippen LogP contribution in [0.3, 0.4) is 0 Å². The van der Waals surface area contributed by atoms with Gasteiger partial charge in [-0.25, -0.2) is 0 Å². The Morgan fingerprint density at radius 1 is 1.32 bits per heavy atom. The number of morpholine rings is 1. The van der Waals surface area contributed by atoms with E-state index in [0.29, 0.717) is 5.92 Å². The van der Waals surface area contributed by atoms with E-state index in [9.17, 15) is 5.11 Å². The largest absolute Gasteiger partial charge is 0.394 e. The van der Waals surface area contributed by atoms with Crippen LogP contribution >= 0.6 is 0 Å². The molecule has 1 fully saturated rings. The number of hydrogen-bond acceptors (Lipinski definition) is 4. The summed E-state index contributed by atoms with van der Waals surface area (Å²) in [6.45, 7) is 7.80. The van der Waals surface area contributed by atoms with Gasteiger partial charge in [0.1, 0.15) is 0 Å². The van der Waals surface area contributed by atoms with Gasteiger partial charge >= 0.3 is 0 Å². The van der Waals surface area contributed by atoms with Crippen molar-refractivity contribution < 1.29 is 9.84 Å². The third kappa shape index (κ3) is 3.26. The maximum atomic E-state index is 9.18. The molecule has 1 atom stereocenters. The predicted molar refractivity (Wildman–Crippen MR) is 77.6 cm³/mol. The van der Waals surface area contributed by atoms with Gasteiger partial charge in [-0.05, 0) is 23.1 Å². The number of anilines is 1. The van der Waals surface area contributed by atoms with Gasteiger partial charge in [-0.1, -0.05) is 26.0 Å². The first-order chi connectivity index (χ1) is 9.13. The van der Waals surface area contributed by atoms with Crippen LogP contribution in [0, 0.1) is 0 Å². The lowest BCUT2D eigenvalue weighted by molar-refractivity contribution is 0.122. The molecule has 4 heteroatoms. The zero-order valence-corrected chi connectivity index (χ0v) is 11.8. The van der Waals surface area contributed by atoms with E-state index < -0.39 is 0 Å². The Kier molecular flexibility index (Phi) is 4.80. The molecule has 2 rings (SSSR count). The molecule has 0 radical (unpaired) electrons. The third-order valence-electron chi connectivity index (χ3n) is 3.65. The molecule has 1 aromatic rings. The van der Waals surface area contributed by atoms with Crippen LogP contribution in [0.4, 0.5) is 5.69 Å². The number of ether oxygens (including phenoxy) is 1. The molecule has 0 unspecified atom stereocenters. The van der Waals surface area contributed by atoms with Gasteiger partial charge in [0.05, 0.1) is 25.9 Å². The van der Waals surface area contributed by atoms with E-state index in [0.717, 1.165) is 31.9 Å². The van der Waals surface area contributed by atoms with Crippen molar-refractivity contribution >= 4 is 5.69 Å². The topological polar surface area (TPSA) is 58.7 Å². The van der Waals surface area contributed by atoms with Crippen molar-refractivity contribution in [2.45, 2.75) is 25.8 Å². The minimum Gasteiger partial charge on any atom is -0.394 e. The van der Waals surface area contributed by atoms with Crippen molar-refractivity contribution in [1.29, 1.82) is 0 Å². The predicted octanol–water partition coefficient (Wildman–Crippen LogP) is 1.64. The fourth-order valence-corrected chi connectivity index (χ4v) is 2.46. The Morgan fingerprint density at radius 3 is 2.58 bits per heavy atom. The smallest absolute Gasteiger partial charge is 0.0642 e. The number of aliphatic hydroxyl groups is 1. The lowest BCUT2D eigenvalue weighted by atomic mass is 9.95. The second kappa shape index (κ2) is 6.37. The number of nitrogens with two attached hydrogens (primary N) is 1. The van der Waals surface area contributed by atoms with Gasteiger partial charge in [0.25, 0.3) is 0 Å². The summed E-state index contributed by atoms with van der Waals surface area (Å²) in [5, 5.41) is 9.18. The van der Waals surface area contributed by atoms with E-state index in [-0.39, 0.29) is 12.6 Å². The van der Waals surface area contributed by atoms with Crippen LogP contribution in [0.2, 0.25) is 0 Å². The van der Waals surface area contributed by atoms with Gasteiger partial charge < -0.3 is 20.5 Å². The van der Waals surface area contributed by atoms with Crippen molar-refractivity contribution in [2.24, 2.45) is 5.73 Å². The highest BCUT2D eigenvalue weighted by Gasteiger charge is 2.17. The van der Waals surface area contributed by atoms with E-state index in [2.05, 4.69) is 30.9 Å². The fraction of sp³-hybridized carbons (Fsp3) is 0.600. The Hall–Kier alpha value is -1.10. The lowest BCUT2D eigenvalue weighted by Crippen LogP contribution is -2.37. The van der Waals surface area contributed by atoms with Crippen LogP contribution in [0.25, 0.3) is 0 Å². The van der Waals surface area contributed by atoms with Crippen molar-refractivity contribution in [1.82, 2.24) is 0 Å². The molecule has 0 aromatic heterocycles. The third-order valence-corrected chi connectivity index (χ3v) is 3.65. The molecule has 0 aliphatic carbocycles. The molecule has 106 valence electrons. The van der Waals surface area contributed by atoms with Crippen molar-refractivity contribution in [3.8, 4) is 0 Å². The maximum absolute atomic E-state index is 9.18. The molecule has 1 aliphatic rings. The van der Waals surface area contributed by atoms with Gasteiger partial charge in [0, 0.05) is 18.8 Å². The normalized spacial score (nSPS) is 17.8. The van der Waals surface area contributed by atoms with Crippen LogP contribution in [0.1, 0.15) is 36.9 Å². The summed E-state index contributed by atoms with van der Waals surface area (Å²) in [7, 11) is 0. The Labute approximate surface area is 115 Å². The lowest BCUT2D eigenvalue weighted by Gasteiger charge is -2.32. The number of nitrogens with zero attached hydrogens (tertiary/aromatic N) is 1. The highest BCUT2D eigenvalue weighted by molar-refractivity contribution is 5.57. The van der Waals surface area contributed by atoms with Crippen molar-refractivity contribution in [2.75, 3.05) is 37.8 Å². The Balaban J connectivity index is 2.31. The zero-order chi connectivity index (χ0) is 13.8. The minimum atomic E-state index is -0.295. The molecule has 0 amide bonds. The molecule has 4 nitrogen and oxygen atoms in total. The summed E-state index contributed by atoms with van der Waals surface area (Å²) in [5.41, 5.74) is 9.48. The molecule has 3 N–H and O–H groups in total. The molecule has 1 heterocycles. The summed E-state index contributed by atoms with van der Waals surface area (Å²) >= 11 is 0. The number of rotatable bonds is 4. The SMILES string of the molecule is CC(C)c1cc([C@H](N)CO)ccc1N1CCOCC1. The Bertz CT molecular complexity index is 415. The van der Waals surface area contributed by atoms with Crippen molar-refractivity contribution in [3.63, 3.8) is 0 Å². The molecule has 19 heavy (non-hydrogen) atoms. The van der Waals surface area contributed by atoms with Crippen molar-refractivity contribution in [3.05, 3.63) is 29.3 Å². The van der Waals surface area contributed by atoms with Gasteiger partial charge in [0.2, 0.25) is 0 Å². The maximum Gasteiger partial charge on any atom is 0.0642 e. The van der Waals surface area contributed by atoms with E-state index in [1.807, 2.05) is 6.07 Å². The van der Waals surface area contributed by atoms with E-state index >= 15 is 0 Å². The molecule has 1 aromatic carbocycles. The highest BCUT2D eigenvalue weighted by Crippen LogP contribution is 2.30. The molecule has 1 saturated heterocycles. The summed E-state index contributed by atoms with van der Waals surface area (Å²) in [5.74, 6) is 0.434. The van der Waals surface area contributed by atoms with Crippen LogP contribution in [0.15, 0.2) is 18.2 Å². The molecule has 1 aliphatic heterocycles. The average Bonchev–Trinajstić information content (AvgIpc) is 2.46.